The van der Waals surface area contributed by atoms with Gasteiger partial charge in [-0.2, -0.15) is 0 Å². The van der Waals surface area contributed by atoms with Gasteiger partial charge in [0.2, 0.25) is 0 Å². The number of carboxylic acid groups (broad SMARTS) is 1. The fraction of sp³-hybridized carbons (Fsp3) is 0.357. The van der Waals surface area contributed by atoms with Crippen molar-refractivity contribution in [2.45, 2.75) is 25.4 Å². The summed E-state index contributed by atoms with van der Waals surface area (Å²) in [5, 5.41) is 8.50. The maximum absolute atomic E-state index is 13.8. The van der Waals surface area contributed by atoms with Gasteiger partial charge < -0.3 is 5.11 Å². The fourth-order valence-corrected chi connectivity index (χ4v) is 1.88. The molecule has 1 saturated carbocycles. The molecule has 0 saturated heterocycles. The number of carboxylic acids is 1. The highest BCUT2D eigenvalue weighted by Crippen LogP contribution is 2.27. The zero-order valence-corrected chi connectivity index (χ0v) is 10.3. The molecule has 0 radical (unpaired) electrons. The highest BCUT2D eigenvalue weighted by Gasteiger charge is 2.26. The van der Waals surface area contributed by atoms with Crippen LogP contribution in [0.2, 0.25) is 0 Å². The third kappa shape index (κ3) is 3.40. The van der Waals surface area contributed by atoms with Crippen LogP contribution in [-0.2, 0) is 11.3 Å². The Hall–Kier alpha value is -1.68. The van der Waals surface area contributed by atoms with Crippen LogP contribution in [0.5, 0.6) is 0 Å². The lowest BCUT2D eigenvalue weighted by molar-refractivity contribution is -0.131. The Balaban J connectivity index is 2.06. The molecule has 96 valence electrons. The Morgan fingerprint density at radius 3 is 2.83 bits per heavy atom. The predicted octanol–water partition coefficient (Wildman–Crippen LogP) is 2.52. The van der Waals surface area contributed by atoms with Gasteiger partial charge in [0.15, 0.2) is 0 Å². The fourth-order valence-electron chi connectivity index (χ4n) is 1.88. The van der Waals surface area contributed by atoms with E-state index in [0.717, 1.165) is 6.08 Å². The average Bonchev–Trinajstić information content (AvgIpc) is 3.13. The largest absolute Gasteiger partial charge is 0.478 e. The van der Waals surface area contributed by atoms with E-state index in [4.69, 9.17) is 5.11 Å². The molecule has 3 nitrogen and oxygen atoms in total. The number of hydrogen-bond acceptors (Lipinski definition) is 2. The van der Waals surface area contributed by atoms with Crippen molar-refractivity contribution in [2.24, 2.45) is 0 Å². The zero-order chi connectivity index (χ0) is 13.1. The van der Waals surface area contributed by atoms with Crippen LogP contribution < -0.4 is 0 Å². The first kappa shape index (κ1) is 12.8. The first-order chi connectivity index (χ1) is 8.56. The van der Waals surface area contributed by atoms with Crippen LogP contribution in [0.15, 0.2) is 24.3 Å². The molecule has 18 heavy (non-hydrogen) atoms. The van der Waals surface area contributed by atoms with Crippen molar-refractivity contribution in [3.05, 3.63) is 41.2 Å². The van der Waals surface area contributed by atoms with Gasteiger partial charge in [0, 0.05) is 24.2 Å². The molecule has 2 rings (SSSR count). The van der Waals surface area contributed by atoms with Crippen LogP contribution in [0.25, 0.3) is 6.08 Å². The summed E-state index contributed by atoms with van der Waals surface area (Å²) < 4.78 is 13.8. The minimum Gasteiger partial charge on any atom is -0.478 e. The summed E-state index contributed by atoms with van der Waals surface area (Å²) in [6.07, 6.45) is 4.78. The van der Waals surface area contributed by atoms with Crippen LogP contribution >= 0.6 is 0 Å². The van der Waals surface area contributed by atoms with Gasteiger partial charge in [-0.3, -0.25) is 4.90 Å². The molecule has 0 unspecified atom stereocenters. The molecule has 0 atom stereocenters. The van der Waals surface area contributed by atoms with Crippen LogP contribution in [0.3, 0.4) is 0 Å². The van der Waals surface area contributed by atoms with E-state index in [2.05, 4.69) is 4.90 Å². The molecule has 1 aliphatic rings. The monoisotopic (exact) mass is 249 g/mol. The second kappa shape index (κ2) is 5.31. The highest BCUT2D eigenvalue weighted by molar-refractivity contribution is 5.85. The molecule has 1 aliphatic carbocycles. The summed E-state index contributed by atoms with van der Waals surface area (Å²) in [5.74, 6) is -1.32. The van der Waals surface area contributed by atoms with E-state index in [0.29, 0.717) is 23.7 Å². The van der Waals surface area contributed by atoms with E-state index in [-0.39, 0.29) is 5.82 Å². The molecule has 1 aromatic carbocycles. The third-order valence-corrected chi connectivity index (χ3v) is 3.09. The van der Waals surface area contributed by atoms with Crippen LogP contribution in [0, 0.1) is 5.82 Å². The van der Waals surface area contributed by atoms with Gasteiger partial charge in [-0.05, 0) is 37.6 Å². The van der Waals surface area contributed by atoms with E-state index in [1.165, 1.54) is 25.0 Å². The normalized spacial score (nSPS) is 15.5. The number of benzene rings is 1. The predicted molar refractivity (Wildman–Crippen MR) is 67.6 cm³/mol. The van der Waals surface area contributed by atoms with Crippen molar-refractivity contribution in [1.29, 1.82) is 0 Å². The first-order valence-corrected chi connectivity index (χ1v) is 5.96. The quantitative estimate of drug-likeness (QED) is 0.815. The topological polar surface area (TPSA) is 40.5 Å². The Bertz CT molecular complexity index is 481. The second-order valence-electron chi connectivity index (χ2n) is 4.67. The van der Waals surface area contributed by atoms with E-state index in [9.17, 15) is 9.18 Å². The Morgan fingerprint density at radius 2 is 2.28 bits per heavy atom. The molecule has 0 amide bonds. The lowest BCUT2D eigenvalue weighted by atomic mass is 10.1. The standard InChI is InChI=1S/C14H16FNO2/c1-16(12-5-6-12)9-11-4-2-10(8-13(11)15)3-7-14(17)18/h2-4,7-8,12H,5-6,9H2,1H3,(H,17,18). The van der Waals surface area contributed by atoms with E-state index < -0.39 is 5.97 Å². The SMILES string of the molecule is CN(Cc1ccc(C=CC(=O)O)cc1F)C1CC1. The van der Waals surface area contributed by atoms with Crippen LogP contribution in [-0.4, -0.2) is 29.1 Å². The third-order valence-electron chi connectivity index (χ3n) is 3.09. The summed E-state index contributed by atoms with van der Waals surface area (Å²) in [6.45, 7) is 0.597. The highest BCUT2D eigenvalue weighted by atomic mass is 19.1. The number of halogens is 1. The number of carbonyl (C=O) groups is 1. The second-order valence-corrected chi connectivity index (χ2v) is 4.67. The van der Waals surface area contributed by atoms with Crippen molar-refractivity contribution in [1.82, 2.24) is 4.90 Å². The number of nitrogens with zero attached hydrogens (tertiary/aromatic N) is 1. The minimum atomic E-state index is -1.03. The number of hydrogen-bond donors (Lipinski definition) is 1. The summed E-state index contributed by atoms with van der Waals surface area (Å²) in [4.78, 5) is 12.5. The van der Waals surface area contributed by atoms with Crippen molar-refractivity contribution in [2.75, 3.05) is 7.05 Å². The molecule has 1 fully saturated rings. The Labute approximate surface area is 106 Å². The van der Waals surface area contributed by atoms with Crippen molar-refractivity contribution in [3.8, 4) is 0 Å². The lowest BCUT2D eigenvalue weighted by Crippen LogP contribution is -2.20. The molecular weight excluding hydrogens is 233 g/mol. The van der Waals surface area contributed by atoms with Gasteiger partial charge in [0.1, 0.15) is 5.82 Å². The molecule has 0 aromatic heterocycles. The molecule has 0 heterocycles. The first-order valence-electron chi connectivity index (χ1n) is 5.96. The van der Waals surface area contributed by atoms with Crippen LogP contribution in [0.4, 0.5) is 4.39 Å². The minimum absolute atomic E-state index is 0.282. The van der Waals surface area contributed by atoms with Gasteiger partial charge in [-0.25, -0.2) is 9.18 Å². The lowest BCUT2D eigenvalue weighted by Gasteiger charge is -2.16. The number of aliphatic carboxylic acids is 1. The van der Waals surface area contributed by atoms with Crippen molar-refractivity contribution >= 4 is 12.0 Å². The molecule has 0 spiro atoms. The molecule has 4 heteroatoms. The summed E-state index contributed by atoms with van der Waals surface area (Å²) >= 11 is 0. The van der Waals surface area contributed by atoms with Crippen molar-refractivity contribution < 1.29 is 14.3 Å². The molecule has 1 aromatic rings. The van der Waals surface area contributed by atoms with Gasteiger partial charge in [-0.15, -0.1) is 0 Å². The van der Waals surface area contributed by atoms with Crippen molar-refractivity contribution in [3.63, 3.8) is 0 Å². The smallest absolute Gasteiger partial charge is 0.328 e. The van der Waals surface area contributed by atoms with E-state index >= 15 is 0 Å². The summed E-state index contributed by atoms with van der Waals surface area (Å²) in [6, 6.07) is 5.42. The van der Waals surface area contributed by atoms with E-state index in [1.807, 2.05) is 7.05 Å². The van der Waals surface area contributed by atoms with E-state index in [1.54, 1.807) is 12.1 Å². The van der Waals surface area contributed by atoms with Gasteiger partial charge in [0.05, 0.1) is 0 Å². The Kier molecular flexibility index (Phi) is 3.77. The molecular formula is C14H16FNO2. The van der Waals surface area contributed by atoms with Gasteiger partial charge in [0.25, 0.3) is 0 Å². The number of rotatable bonds is 5. The maximum Gasteiger partial charge on any atom is 0.328 e. The summed E-state index contributed by atoms with van der Waals surface area (Å²) in [5.41, 5.74) is 1.21. The molecule has 0 bridgehead atoms. The maximum atomic E-state index is 13.8. The summed E-state index contributed by atoms with van der Waals surface area (Å²) in [7, 11) is 2.00. The Morgan fingerprint density at radius 1 is 1.56 bits per heavy atom. The van der Waals surface area contributed by atoms with Crippen LogP contribution in [0.1, 0.15) is 24.0 Å². The zero-order valence-electron chi connectivity index (χ0n) is 10.3. The molecule has 0 aliphatic heterocycles. The average molecular weight is 249 g/mol. The molecule has 1 N–H and O–H groups in total. The van der Waals surface area contributed by atoms with Gasteiger partial charge in [-0.1, -0.05) is 12.1 Å². The van der Waals surface area contributed by atoms with Gasteiger partial charge >= 0.3 is 5.97 Å².